The zero-order chi connectivity index (χ0) is 15.2. The fraction of sp³-hybridized carbons (Fsp3) is 0.588. The first kappa shape index (κ1) is 15.8. The molecule has 4 heteroatoms. The van der Waals surface area contributed by atoms with Crippen LogP contribution in [0.15, 0.2) is 24.3 Å². The summed E-state index contributed by atoms with van der Waals surface area (Å²) in [6, 6.07) is 8.92. The SMILES string of the molecule is CCN(C(=O)COc1ccc(CC(C)NC)cc1)C1CC1. The summed E-state index contributed by atoms with van der Waals surface area (Å²) in [5.74, 6) is 0.851. The number of nitrogens with zero attached hydrogens (tertiary/aromatic N) is 1. The van der Waals surface area contributed by atoms with E-state index in [4.69, 9.17) is 4.74 Å². The van der Waals surface area contributed by atoms with Crippen LogP contribution in [0.3, 0.4) is 0 Å². The molecule has 4 nitrogen and oxygen atoms in total. The van der Waals surface area contributed by atoms with Crippen LogP contribution in [0.2, 0.25) is 0 Å². The lowest BCUT2D eigenvalue weighted by Gasteiger charge is -2.20. The van der Waals surface area contributed by atoms with E-state index in [2.05, 4.69) is 24.4 Å². The molecule has 1 unspecified atom stereocenters. The highest BCUT2D eigenvalue weighted by atomic mass is 16.5. The van der Waals surface area contributed by atoms with E-state index in [-0.39, 0.29) is 12.5 Å². The number of carbonyl (C=O) groups is 1. The van der Waals surface area contributed by atoms with Crippen molar-refractivity contribution in [2.24, 2.45) is 0 Å². The van der Waals surface area contributed by atoms with Gasteiger partial charge in [-0.05, 0) is 57.9 Å². The van der Waals surface area contributed by atoms with Gasteiger partial charge in [-0.15, -0.1) is 0 Å². The minimum absolute atomic E-state index is 0.0906. The van der Waals surface area contributed by atoms with Crippen LogP contribution in [0, 0.1) is 0 Å². The standard InChI is InChI=1S/C17H26N2O2/c1-4-19(15-7-8-15)17(20)12-21-16-9-5-14(6-10-16)11-13(2)18-3/h5-6,9-10,13,15,18H,4,7-8,11-12H2,1-3H3. The molecule has 2 rings (SSSR count). The second kappa shape index (κ2) is 7.46. The van der Waals surface area contributed by atoms with Gasteiger partial charge < -0.3 is 15.0 Å². The Balaban J connectivity index is 1.81. The topological polar surface area (TPSA) is 41.6 Å². The summed E-state index contributed by atoms with van der Waals surface area (Å²) in [5.41, 5.74) is 1.27. The quantitative estimate of drug-likeness (QED) is 0.798. The summed E-state index contributed by atoms with van der Waals surface area (Å²) in [6.07, 6.45) is 3.26. The number of rotatable bonds is 8. The predicted octanol–water partition coefficient (Wildman–Crippen LogP) is 2.23. The van der Waals surface area contributed by atoms with Crippen molar-refractivity contribution in [3.8, 4) is 5.75 Å². The van der Waals surface area contributed by atoms with Gasteiger partial charge in [0.15, 0.2) is 6.61 Å². The number of benzene rings is 1. The van der Waals surface area contributed by atoms with Crippen molar-refractivity contribution in [2.45, 2.75) is 45.2 Å². The maximum absolute atomic E-state index is 12.1. The summed E-state index contributed by atoms with van der Waals surface area (Å²) >= 11 is 0. The lowest BCUT2D eigenvalue weighted by molar-refractivity contribution is -0.133. The lowest BCUT2D eigenvalue weighted by Crippen LogP contribution is -2.36. The smallest absolute Gasteiger partial charge is 0.260 e. The maximum Gasteiger partial charge on any atom is 0.260 e. The molecule has 1 aromatic rings. The van der Waals surface area contributed by atoms with Crippen molar-refractivity contribution in [3.05, 3.63) is 29.8 Å². The fourth-order valence-corrected chi connectivity index (χ4v) is 2.43. The van der Waals surface area contributed by atoms with Crippen LogP contribution >= 0.6 is 0 Å². The van der Waals surface area contributed by atoms with E-state index in [9.17, 15) is 4.79 Å². The summed E-state index contributed by atoms with van der Waals surface area (Å²) in [5, 5.41) is 3.22. The van der Waals surface area contributed by atoms with Gasteiger partial charge in [0, 0.05) is 18.6 Å². The molecule has 21 heavy (non-hydrogen) atoms. The molecule has 0 saturated heterocycles. The second-order valence-corrected chi connectivity index (χ2v) is 5.74. The molecule has 1 aromatic carbocycles. The Kier molecular flexibility index (Phi) is 5.62. The van der Waals surface area contributed by atoms with Crippen LogP contribution < -0.4 is 10.1 Å². The van der Waals surface area contributed by atoms with Crippen molar-refractivity contribution < 1.29 is 9.53 Å². The van der Waals surface area contributed by atoms with Gasteiger partial charge in [0.25, 0.3) is 5.91 Å². The molecular weight excluding hydrogens is 264 g/mol. The van der Waals surface area contributed by atoms with Crippen LogP contribution in [0.5, 0.6) is 5.75 Å². The summed E-state index contributed by atoms with van der Waals surface area (Å²) in [6.45, 7) is 5.08. The number of hydrogen-bond acceptors (Lipinski definition) is 3. The molecule has 1 fully saturated rings. The lowest BCUT2D eigenvalue weighted by atomic mass is 10.1. The number of carbonyl (C=O) groups excluding carboxylic acids is 1. The van der Waals surface area contributed by atoms with Crippen molar-refractivity contribution in [1.29, 1.82) is 0 Å². The zero-order valence-electron chi connectivity index (χ0n) is 13.3. The molecule has 0 spiro atoms. The van der Waals surface area contributed by atoms with Gasteiger partial charge in [0.2, 0.25) is 0 Å². The molecule has 0 aromatic heterocycles. The minimum Gasteiger partial charge on any atom is -0.484 e. The highest BCUT2D eigenvalue weighted by molar-refractivity contribution is 5.78. The van der Waals surface area contributed by atoms with Crippen molar-refractivity contribution >= 4 is 5.91 Å². The molecule has 1 N–H and O–H groups in total. The van der Waals surface area contributed by atoms with Gasteiger partial charge in [-0.2, -0.15) is 0 Å². The van der Waals surface area contributed by atoms with E-state index in [1.165, 1.54) is 5.56 Å². The molecule has 1 aliphatic rings. The molecule has 1 amide bonds. The molecule has 0 radical (unpaired) electrons. The van der Waals surface area contributed by atoms with E-state index in [0.29, 0.717) is 12.1 Å². The van der Waals surface area contributed by atoms with Crippen molar-refractivity contribution in [1.82, 2.24) is 10.2 Å². The van der Waals surface area contributed by atoms with Gasteiger partial charge in [0.05, 0.1) is 0 Å². The Hall–Kier alpha value is -1.55. The van der Waals surface area contributed by atoms with E-state index in [0.717, 1.165) is 31.6 Å². The Morgan fingerprint density at radius 1 is 1.38 bits per heavy atom. The first-order valence-electron chi connectivity index (χ1n) is 7.82. The van der Waals surface area contributed by atoms with E-state index in [1.807, 2.05) is 31.0 Å². The van der Waals surface area contributed by atoms with Crippen LogP contribution in [0.25, 0.3) is 0 Å². The van der Waals surface area contributed by atoms with Crippen LogP contribution in [-0.4, -0.2) is 43.1 Å². The zero-order valence-corrected chi connectivity index (χ0v) is 13.3. The first-order valence-corrected chi connectivity index (χ1v) is 7.82. The number of hydrogen-bond donors (Lipinski definition) is 1. The summed E-state index contributed by atoms with van der Waals surface area (Å²) < 4.78 is 5.61. The molecule has 1 aliphatic carbocycles. The number of ether oxygens (including phenoxy) is 1. The van der Waals surface area contributed by atoms with Gasteiger partial charge >= 0.3 is 0 Å². The third-order valence-electron chi connectivity index (χ3n) is 3.97. The Morgan fingerprint density at radius 2 is 2.05 bits per heavy atom. The van der Waals surface area contributed by atoms with Crippen molar-refractivity contribution in [3.63, 3.8) is 0 Å². The normalized spacial score (nSPS) is 15.6. The molecular formula is C17H26N2O2. The fourth-order valence-electron chi connectivity index (χ4n) is 2.43. The van der Waals surface area contributed by atoms with Gasteiger partial charge in [-0.3, -0.25) is 4.79 Å². The Morgan fingerprint density at radius 3 is 2.57 bits per heavy atom. The highest BCUT2D eigenvalue weighted by Gasteiger charge is 2.31. The molecule has 0 heterocycles. The van der Waals surface area contributed by atoms with Gasteiger partial charge in [0.1, 0.15) is 5.75 Å². The third-order valence-corrected chi connectivity index (χ3v) is 3.97. The number of nitrogens with one attached hydrogen (secondary N) is 1. The summed E-state index contributed by atoms with van der Waals surface area (Å²) in [7, 11) is 1.97. The monoisotopic (exact) mass is 290 g/mol. The minimum atomic E-state index is 0.0906. The van der Waals surface area contributed by atoms with Crippen LogP contribution in [0.1, 0.15) is 32.3 Å². The Labute approximate surface area is 127 Å². The van der Waals surface area contributed by atoms with E-state index >= 15 is 0 Å². The second-order valence-electron chi connectivity index (χ2n) is 5.74. The molecule has 0 aliphatic heterocycles. The Bertz CT molecular complexity index is 454. The molecule has 1 atom stereocenters. The average molecular weight is 290 g/mol. The third kappa shape index (κ3) is 4.74. The predicted molar refractivity (Wildman–Crippen MR) is 84.6 cm³/mol. The average Bonchev–Trinajstić information content (AvgIpc) is 3.32. The maximum atomic E-state index is 12.1. The van der Waals surface area contributed by atoms with Crippen LogP contribution in [0.4, 0.5) is 0 Å². The molecule has 1 saturated carbocycles. The largest absolute Gasteiger partial charge is 0.484 e. The first-order chi connectivity index (χ1) is 10.1. The van der Waals surface area contributed by atoms with E-state index in [1.54, 1.807) is 0 Å². The van der Waals surface area contributed by atoms with Crippen LogP contribution in [-0.2, 0) is 11.2 Å². The van der Waals surface area contributed by atoms with E-state index < -0.39 is 0 Å². The van der Waals surface area contributed by atoms with Crippen molar-refractivity contribution in [2.75, 3.05) is 20.2 Å². The summed E-state index contributed by atoms with van der Waals surface area (Å²) in [4.78, 5) is 14.0. The number of amides is 1. The molecule has 0 bridgehead atoms. The van der Waals surface area contributed by atoms with Gasteiger partial charge in [-0.1, -0.05) is 12.1 Å². The molecule has 116 valence electrons. The van der Waals surface area contributed by atoms with Gasteiger partial charge in [-0.25, -0.2) is 0 Å². The highest BCUT2D eigenvalue weighted by Crippen LogP contribution is 2.26. The number of likely N-dealkylation sites (N-methyl/N-ethyl adjacent to an activating group) is 2.